The molecule has 0 amide bonds. The summed E-state index contributed by atoms with van der Waals surface area (Å²) in [7, 11) is 0. The number of hydrogen-bond donors (Lipinski definition) is 2. The maximum absolute atomic E-state index is 11.9. The monoisotopic (exact) mass is 306 g/mol. The minimum absolute atomic E-state index is 0.100. The molecule has 2 aliphatic heterocycles. The van der Waals surface area contributed by atoms with E-state index >= 15 is 0 Å². The third-order valence-electron chi connectivity index (χ3n) is 4.58. The molecule has 0 saturated carbocycles. The number of nitrogens with one attached hydrogen (secondary N) is 2. The molecule has 122 valence electrons. The van der Waals surface area contributed by atoms with E-state index in [-0.39, 0.29) is 5.56 Å². The number of ether oxygens (including phenoxy) is 1. The van der Waals surface area contributed by atoms with Gasteiger partial charge in [0.15, 0.2) is 5.82 Å². The van der Waals surface area contributed by atoms with Crippen molar-refractivity contribution in [2.24, 2.45) is 0 Å². The number of anilines is 1. The molecule has 0 spiro atoms. The van der Waals surface area contributed by atoms with Gasteiger partial charge in [-0.05, 0) is 39.5 Å². The molecule has 6 heteroatoms. The third-order valence-corrected chi connectivity index (χ3v) is 4.58. The smallest absolute Gasteiger partial charge is 0.290 e. The van der Waals surface area contributed by atoms with Gasteiger partial charge in [-0.15, -0.1) is 0 Å². The summed E-state index contributed by atoms with van der Waals surface area (Å²) in [6, 6.07) is 0.920. The van der Waals surface area contributed by atoms with Crippen molar-refractivity contribution < 1.29 is 4.74 Å². The first-order valence-corrected chi connectivity index (χ1v) is 8.32. The summed E-state index contributed by atoms with van der Waals surface area (Å²) >= 11 is 0. The predicted octanol–water partition coefficient (Wildman–Crippen LogP) is 1.28. The third kappa shape index (κ3) is 3.67. The van der Waals surface area contributed by atoms with E-state index in [0.29, 0.717) is 30.1 Å². The molecule has 0 bridgehead atoms. The summed E-state index contributed by atoms with van der Waals surface area (Å²) in [4.78, 5) is 21.0. The molecule has 3 atom stereocenters. The van der Waals surface area contributed by atoms with Crippen molar-refractivity contribution in [2.75, 3.05) is 18.0 Å². The van der Waals surface area contributed by atoms with Crippen LogP contribution in [0.25, 0.3) is 0 Å². The Morgan fingerprint density at radius 1 is 1.32 bits per heavy atom. The Bertz CT molecular complexity index is 537. The van der Waals surface area contributed by atoms with Crippen LogP contribution < -0.4 is 15.8 Å². The van der Waals surface area contributed by atoms with Crippen molar-refractivity contribution >= 4 is 5.82 Å². The van der Waals surface area contributed by atoms with Gasteiger partial charge in [0.2, 0.25) is 0 Å². The first kappa shape index (κ1) is 15.5. The summed E-state index contributed by atoms with van der Waals surface area (Å²) in [6.45, 7) is 6.04. The van der Waals surface area contributed by atoms with E-state index < -0.39 is 0 Å². The number of hydrogen-bond acceptors (Lipinski definition) is 5. The average Bonchev–Trinajstić information content (AvgIpc) is 2.47. The highest BCUT2D eigenvalue weighted by molar-refractivity contribution is 5.36. The lowest BCUT2D eigenvalue weighted by Crippen LogP contribution is -2.52. The van der Waals surface area contributed by atoms with E-state index in [0.717, 1.165) is 38.8 Å². The molecule has 3 rings (SSSR count). The largest absolute Gasteiger partial charge is 0.375 e. The quantitative estimate of drug-likeness (QED) is 0.880. The van der Waals surface area contributed by atoms with E-state index in [4.69, 9.17) is 4.74 Å². The van der Waals surface area contributed by atoms with Gasteiger partial charge < -0.3 is 19.9 Å². The Kier molecular flexibility index (Phi) is 4.78. The molecule has 2 aliphatic rings. The number of nitrogens with zero attached hydrogens (tertiary/aromatic N) is 2. The highest BCUT2D eigenvalue weighted by atomic mass is 16.5. The summed E-state index contributed by atoms with van der Waals surface area (Å²) in [5.41, 5.74) is -0.100. The molecule has 1 aromatic rings. The second-order valence-corrected chi connectivity index (χ2v) is 6.62. The van der Waals surface area contributed by atoms with Crippen molar-refractivity contribution in [1.29, 1.82) is 0 Å². The van der Waals surface area contributed by atoms with Crippen molar-refractivity contribution in [1.82, 2.24) is 15.3 Å². The Morgan fingerprint density at radius 2 is 2.09 bits per heavy atom. The van der Waals surface area contributed by atoms with Crippen LogP contribution in [0.4, 0.5) is 5.82 Å². The fraction of sp³-hybridized carbons (Fsp3) is 0.750. The van der Waals surface area contributed by atoms with Gasteiger partial charge >= 0.3 is 0 Å². The molecule has 1 aromatic heterocycles. The lowest BCUT2D eigenvalue weighted by atomic mass is 9.97. The Labute approximate surface area is 131 Å². The Balaban J connectivity index is 1.61. The number of piperidine rings is 1. The maximum Gasteiger partial charge on any atom is 0.290 e. The molecule has 2 fully saturated rings. The second-order valence-electron chi connectivity index (χ2n) is 6.62. The van der Waals surface area contributed by atoms with Gasteiger partial charge in [-0.1, -0.05) is 0 Å². The van der Waals surface area contributed by atoms with Crippen LogP contribution in [0.3, 0.4) is 0 Å². The number of H-pyrrole nitrogens is 1. The van der Waals surface area contributed by atoms with Gasteiger partial charge in [-0.3, -0.25) is 4.79 Å². The van der Waals surface area contributed by atoms with E-state index in [1.165, 1.54) is 0 Å². The lowest BCUT2D eigenvalue weighted by molar-refractivity contribution is -0.0437. The van der Waals surface area contributed by atoms with E-state index in [1.807, 2.05) is 0 Å². The first-order valence-electron chi connectivity index (χ1n) is 8.32. The standard InChI is InChI=1S/C16H26N4O2/c1-11-8-14(9-12(2)22-11)19-13-4-3-7-20(10-13)15-16(21)18-6-5-17-15/h5-6,11-14,19H,3-4,7-10H2,1-2H3,(H,18,21). The van der Waals surface area contributed by atoms with Crippen molar-refractivity contribution in [3.8, 4) is 0 Å². The van der Waals surface area contributed by atoms with Crippen LogP contribution in [0.1, 0.15) is 39.5 Å². The van der Waals surface area contributed by atoms with Gasteiger partial charge in [0, 0.05) is 37.6 Å². The molecular weight excluding hydrogens is 280 g/mol. The topological polar surface area (TPSA) is 70.2 Å². The molecule has 3 unspecified atom stereocenters. The van der Waals surface area contributed by atoms with Gasteiger partial charge in [-0.2, -0.15) is 0 Å². The van der Waals surface area contributed by atoms with Gasteiger partial charge in [0.1, 0.15) is 0 Å². The predicted molar refractivity (Wildman–Crippen MR) is 86.3 cm³/mol. The second kappa shape index (κ2) is 6.79. The zero-order valence-electron chi connectivity index (χ0n) is 13.4. The Hall–Kier alpha value is -1.40. The maximum atomic E-state index is 11.9. The van der Waals surface area contributed by atoms with Gasteiger partial charge in [-0.25, -0.2) is 4.98 Å². The Morgan fingerprint density at radius 3 is 2.82 bits per heavy atom. The molecule has 22 heavy (non-hydrogen) atoms. The molecule has 0 aliphatic carbocycles. The highest BCUT2D eigenvalue weighted by Crippen LogP contribution is 2.21. The number of aromatic nitrogens is 2. The normalized spacial score (nSPS) is 32.9. The molecule has 0 radical (unpaired) electrons. The summed E-state index contributed by atoms with van der Waals surface area (Å²) < 4.78 is 5.81. The summed E-state index contributed by atoms with van der Waals surface area (Å²) in [5, 5.41) is 3.78. The first-order chi connectivity index (χ1) is 10.6. The minimum Gasteiger partial charge on any atom is -0.375 e. The zero-order chi connectivity index (χ0) is 15.5. The fourth-order valence-electron chi connectivity index (χ4n) is 3.75. The van der Waals surface area contributed by atoms with Crippen LogP contribution in [-0.2, 0) is 4.74 Å². The van der Waals surface area contributed by atoms with Crippen LogP contribution in [0.2, 0.25) is 0 Å². The fourth-order valence-corrected chi connectivity index (χ4v) is 3.75. The van der Waals surface area contributed by atoms with E-state index in [9.17, 15) is 4.79 Å². The molecule has 3 heterocycles. The number of aromatic amines is 1. The summed E-state index contributed by atoms with van der Waals surface area (Å²) in [5.74, 6) is 0.544. The van der Waals surface area contributed by atoms with Crippen LogP contribution in [0.15, 0.2) is 17.2 Å². The number of rotatable bonds is 3. The molecule has 2 saturated heterocycles. The van der Waals surface area contributed by atoms with E-state index in [1.54, 1.807) is 12.4 Å². The van der Waals surface area contributed by atoms with Gasteiger partial charge in [0.05, 0.1) is 12.2 Å². The molecule has 6 nitrogen and oxygen atoms in total. The van der Waals surface area contributed by atoms with Crippen LogP contribution in [-0.4, -0.2) is 47.3 Å². The van der Waals surface area contributed by atoms with Crippen LogP contribution in [0.5, 0.6) is 0 Å². The highest BCUT2D eigenvalue weighted by Gasteiger charge is 2.29. The van der Waals surface area contributed by atoms with Crippen molar-refractivity contribution in [2.45, 2.75) is 63.8 Å². The SMILES string of the molecule is CC1CC(NC2CCCN(c3ncc[nH]c3=O)C2)CC(C)O1. The molecule has 2 N–H and O–H groups in total. The van der Waals surface area contributed by atoms with Crippen LogP contribution >= 0.6 is 0 Å². The molecule has 0 aromatic carbocycles. The van der Waals surface area contributed by atoms with Gasteiger partial charge in [0.25, 0.3) is 5.56 Å². The lowest BCUT2D eigenvalue weighted by Gasteiger charge is -2.39. The molecular formula is C16H26N4O2. The zero-order valence-corrected chi connectivity index (χ0v) is 13.4. The van der Waals surface area contributed by atoms with E-state index in [2.05, 4.69) is 34.0 Å². The van der Waals surface area contributed by atoms with Crippen molar-refractivity contribution in [3.05, 3.63) is 22.7 Å². The average molecular weight is 306 g/mol. The van der Waals surface area contributed by atoms with Crippen molar-refractivity contribution in [3.63, 3.8) is 0 Å². The minimum atomic E-state index is -0.100. The summed E-state index contributed by atoms with van der Waals surface area (Å²) in [6.07, 6.45) is 8.23. The van der Waals surface area contributed by atoms with Crippen LogP contribution in [0, 0.1) is 0 Å².